The summed E-state index contributed by atoms with van der Waals surface area (Å²) in [4.78, 5) is 0.103. The van der Waals surface area contributed by atoms with Crippen molar-refractivity contribution in [2.45, 2.75) is 30.9 Å². The monoisotopic (exact) mass is 305 g/mol. The highest BCUT2D eigenvalue weighted by molar-refractivity contribution is 7.95. The molecule has 0 amide bonds. The van der Waals surface area contributed by atoms with Crippen LogP contribution in [0, 0.1) is 6.92 Å². The Morgan fingerprint density at radius 2 is 1.68 bits per heavy atom. The first-order chi connectivity index (χ1) is 8.58. The van der Waals surface area contributed by atoms with Gasteiger partial charge < -0.3 is 5.73 Å². The van der Waals surface area contributed by atoms with Gasteiger partial charge in [0.05, 0.1) is 21.7 Å². The molecule has 108 valence electrons. The van der Waals surface area contributed by atoms with Crippen LogP contribution in [0.5, 0.6) is 0 Å². The Morgan fingerprint density at radius 1 is 1.11 bits per heavy atom. The molecule has 0 bridgehead atoms. The van der Waals surface area contributed by atoms with E-state index in [2.05, 4.69) is 0 Å². The summed E-state index contributed by atoms with van der Waals surface area (Å²) in [6.07, 6.45) is 0. The van der Waals surface area contributed by atoms with Crippen LogP contribution in [-0.2, 0) is 19.7 Å². The van der Waals surface area contributed by atoms with Crippen molar-refractivity contribution in [3.8, 4) is 0 Å². The lowest BCUT2D eigenvalue weighted by molar-refractivity contribution is 0.582. The molecule has 0 aliphatic rings. The van der Waals surface area contributed by atoms with E-state index in [4.69, 9.17) is 5.73 Å². The van der Waals surface area contributed by atoms with Gasteiger partial charge in [-0.1, -0.05) is 6.07 Å². The van der Waals surface area contributed by atoms with Crippen LogP contribution in [0.1, 0.15) is 19.4 Å². The lowest BCUT2D eigenvalue weighted by Gasteiger charge is -2.11. The smallest absolute Gasteiger partial charge is 0.179 e. The van der Waals surface area contributed by atoms with E-state index in [1.807, 2.05) is 0 Å². The van der Waals surface area contributed by atoms with Crippen molar-refractivity contribution in [3.63, 3.8) is 0 Å². The van der Waals surface area contributed by atoms with Crippen LogP contribution in [0.15, 0.2) is 23.1 Å². The maximum Gasteiger partial charge on any atom is 0.179 e. The van der Waals surface area contributed by atoms with E-state index in [9.17, 15) is 16.8 Å². The number of sulfone groups is 2. The van der Waals surface area contributed by atoms with E-state index in [1.54, 1.807) is 19.1 Å². The molecule has 0 aliphatic carbocycles. The third-order valence-corrected chi connectivity index (χ3v) is 7.34. The van der Waals surface area contributed by atoms with Gasteiger partial charge in [0.15, 0.2) is 19.7 Å². The van der Waals surface area contributed by atoms with Crippen LogP contribution in [0.25, 0.3) is 0 Å². The van der Waals surface area contributed by atoms with E-state index in [1.165, 1.54) is 19.9 Å². The standard InChI is InChI=1S/C12H19NO4S2/c1-9(2)18(14,15)7-8-19(16,17)12-6-4-5-11(13)10(12)3/h4-6,9H,7-8,13H2,1-3H3. The van der Waals surface area contributed by atoms with E-state index in [0.717, 1.165) is 0 Å². The van der Waals surface area contributed by atoms with Crippen LogP contribution in [0.3, 0.4) is 0 Å². The Labute approximate surface area is 114 Å². The van der Waals surface area contributed by atoms with Gasteiger partial charge in [0, 0.05) is 5.69 Å². The van der Waals surface area contributed by atoms with E-state index < -0.39 is 30.7 Å². The van der Waals surface area contributed by atoms with Gasteiger partial charge in [-0.3, -0.25) is 0 Å². The second-order valence-electron chi connectivity index (χ2n) is 4.70. The van der Waals surface area contributed by atoms with Crippen molar-refractivity contribution < 1.29 is 16.8 Å². The van der Waals surface area contributed by atoms with Gasteiger partial charge in [0.2, 0.25) is 0 Å². The molecular weight excluding hydrogens is 286 g/mol. The van der Waals surface area contributed by atoms with Crippen LogP contribution < -0.4 is 5.73 Å². The maximum absolute atomic E-state index is 12.2. The summed E-state index contributed by atoms with van der Waals surface area (Å²) in [6, 6.07) is 4.61. The maximum atomic E-state index is 12.2. The Hall–Kier alpha value is -1.08. The summed E-state index contributed by atoms with van der Waals surface area (Å²) in [5.74, 6) is -0.793. The highest BCUT2D eigenvalue weighted by atomic mass is 32.2. The minimum absolute atomic E-state index is 0.103. The summed E-state index contributed by atoms with van der Waals surface area (Å²) in [7, 11) is -7.01. The molecule has 0 saturated heterocycles. The zero-order valence-corrected chi connectivity index (χ0v) is 12.9. The molecule has 0 unspecified atom stereocenters. The first-order valence-electron chi connectivity index (χ1n) is 5.87. The normalized spacial score (nSPS) is 12.8. The van der Waals surface area contributed by atoms with Crippen LogP contribution in [0.4, 0.5) is 5.69 Å². The van der Waals surface area contributed by atoms with E-state index in [0.29, 0.717) is 11.3 Å². The Morgan fingerprint density at radius 3 is 2.21 bits per heavy atom. The molecule has 0 heterocycles. The van der Waals surface area contributed by atoms with Gasteiger partial charge in [-0.2, -0.15) is 0 Å². The second kappa shape index (κ2) is 5.50. The van der Waals surface area contributed by atoms with Crippen molar-refractivity contribution in [1.82, 2.24) is 0 Å². The fraction of sp³-hybridized carbons (Fsp3) is 0.500. The molecule has 0 aromatic heterocycles. The number of rotatable bonds is 5. The fourth-order valence-corrected chi connectivity index (χ4v) is 4.91. The summed E-state index contributed by atoms with van der Waals surface area (Å²) in [5.41, 5.74) is 6.51. The number of benzene rings is 1. The van der Waals surface area contributed by atoms with Gasteiger partial charge >= 0.3 is 0 Å². The Kier molecular flexibility index (Phi) is 4.63. The number of nitrogen functional groups attached to an aromatic ring is 1. The fourth-order valence-electron chi connectivity index (χ4n) is 1.54. The average molecular weight is 305 g/mol. The molecule has 0 fully saturated rings. The first kappa shape index (κ1) is 16.0. The predicted octanol–water partition coefficient (Wildman–Crippen LogP) is 1.17. The number of nitrogens with two attached hydrogens (primary N) is 1. The van der Waals surface area contributed by atoms with Crippen LogP contribution in [0.2, 0.25) is 0 Å². The number of anilines is 1. The van der Waals surface area contributed by atoms with Gasteiger partial charge in [-0.15, -0.1) is 0 Å². The minimum atomic E-state index is -3.64. The summed E-state index contributed by atoms with van der Waals surface area (Å²) in [5, 5.41) is -0.579. The molecule has 1 rings (SSSR count). The summed E-state index contributed by atoms with van der Waals surface area (Å²) in [6.45, 7) is 4.68. The topological polar surface area (TPSA) is 94.3 Å². The highest BCUT2D eigenvalue weighted by Gasteiger charge is 2.23. The number of hydrogen-bond donors (Lipinski definition) is 1. The van der Waals surface area contributed by atoms with Crippen molar-refractivity contribution in [1.29, 1.82) is 0 Å². The average Bonchev–Trinajstić information content (AvgIpc) is 2.30. The lowest BCUT2D eigenvalue weighted by atomic mass is 10.2. The third kappa shape index (κ3) is 3.70. The van der Waals surface area contributed by atoms with Gasteiger partial charge in [0.1, 0.15) is 0 Å². The molecule has 2 N–H and O–H groups in total. The Balaban J connectivity index is 3.04. The van der Waals surface area contributed by atoms with Crippen LogP contribution in [-0.4, -0.2) is 33.6 Å². The lowest BCUT2D eigenvalue weighted by Crippen LogP contribution is -2.24. The largest absolute Gasteiger partial charge is 0.398 e. The summed E-state index contributed by atoms with van der Waals surface area (Å²) >= 11 is 0. The SMILES string of the molecule is Cc1c(N)cccc1S(=O)(=O)CCS(=O)(=O)C(C)C. The van der Waals surface area contributed by atoms with E-state index >= 15 is 0 Å². The summed E-state index contributed by atoms with van der Waals surface area (Å²) < 4.78 is 47.7. The molecule has 1 aromatic rings. The van der Waals surface area contributed by atoms with Crippen molar-refractivity contribution in [2.75, 3.05) is 17.2 Å². The van der Waals surface area contributed by atoms with Crippen molar-refractivity contribution in [2.24, 2.45) is 0 Å². The molecule has 0 radical (unpaired) electrons. The molecular formula is C12H19NO4S2. The molecule has 0 atom stereocenters. The highest BCUT2D eigenvalue weighted by Crippen LogP contribution is 2.22. The van der Waals surface area contributed by atoms with Crippen molar-refractivity contribution >= 4 is 25.4 Å². The zero-order valence-electron chi connectivity index (χ0n) is 11.3. The van der Waals surface area contributed by atoms with Gasteiger partial charge in [-0.05, 0) is 38.5 Å². The molecule has 7 heteroatoms. The van der Waals surface area contributed by atoms with E-state index in [-0.39, 0.29) is 10.6 Å². The molecule has 5 nitrogen and oxygen atoms in total. The van der Waals surface area contributed by atoms with Gasteiger partial charge in [-0.25, -0.2) is 16.8 Å². The third-order valence-electron chi connectivity index (χ3n) is 3.02. The Bertz CT molecular complexity index is 661. The van der Waals surface area contributed by atoms with Crippen LogP contribution >= 0.6 is 0 Å². The van der Waals surface area contributed by atoms with Crippen molar-refractivity contribution in [3.05, 3.63) is 23.8 Å². The zero-order chi connectivity index (χ0) is 14.8. The molecule has 0 saturated carbocycles. The quantitative estimate of drug-likeness (QED) is 0.824. The predicted molar refractivity (Wildman–Crippen MR) is 76.6 cm³/mol. The number of hydrogen-bond acceptors (Lipinski definition) is 5. The minimum Gasteiger partial charge on any atom is -0.398 e. The van der Waals surface area contributed by atoms with Gasteiger partial charge in [0.25, 0.3) is 0 Å². The molecule has 1 aromatic carbocycles. The molecule has 19 heavy (non-hydrogen) atoms. The molecule has 0 spiro atoms. The molecule has 0 aliphatic heterocycles. The first-order valence-corrected chi connectivity index (χ1v) is 9.24. The second-order valence-corrected chi connectivity index (χ2v) is 9.46.